The maximum absolute atomic E-state index is 12.0. The normalized spacial score (nSPS) is 12.7. The minimum Gasteiger partial charge on any atom is -0.349 e. The van der Waals surface area contributed by atoms with Gasteiger partial charge < -0.3 is 15.5 Å². The van der Waals surface area contributed by atoms with Crippen LogP contribution in [0.5, 0.6) is 0 Å². The Labute approximate surface area is 137 Å². The Bertz CT molecular complexity index is 671. The second kappa shape index (κ2) is 8.07. The first-order valence-corrected chi connectivity index (χ1v) is 9.17. The summed E-state index contributed by atoms with van der Waals surface area (Å²) in [6.45, 7) is 4.03. The van der Waals surface area contributed by atoms with Gasteiger partial charge in [-0.1, -0.05) is 6.07 Å². The van der Waals surface area contributed by atoms with Crippen molar-refractivity contribution in [3.05, 3.63) is 24.3 Å². The zero-order valence-electron chi connectivity index (χ0n) is 13.8. The molecule has 0 saturated heterocycles. The van der Waals surface area contributed by atoms with E-state index in [0.29, 0.717) is 5.69 Å². The Morgan fingerprint density at radius 1 is 1.17 bits per heavy atom. The average Bonchev–Trinajstić information content (AvgIpc) is 2.36. The largest absolute Gasteiger partial charge is 0.349 e. The van der Waals surface area contributed by atoms with Crippen molar-refractivity contribution in [2.75, 3.05) is 31.7 Å². The molecule has 3 N–H and O–H groups in total. The molecule has 1 rings (SSSR count). The first kappa shape index (κ1) is 19.1. The molecule has 2 amide bonds. The molecule has 0 aliphatic carbocycles. The van der Waals surface area contributed by atoms with Gasteiger partial charge in [-0.15, -0.1) is 0 Å². The van der Waals surface area contributed by atoms with E-state index in [9.17, 15) is 18.0 Å². The molecule has 7 nitrogen and oxygen atoms in total. The van der Waals surface area contributed by atoms with Crippen LogP contribution in [0, 0.1) is 0 Å². The van der Waals surface area contributed by atoms with Crippen molar-refractivity contribution in [2.45, 2.75) is 24.8 Å². The molecule has 8 heteroatoms. The molecule has 0 aliphatic heterocycles. The summed E-state index contributed by atoms with van der Waals surface area (Å²) >= 11 is 0. The zero-order chi connectivity index (χ0) is 17.6. The summed E-state index contributed by atoms with van der Waals surface area (Å²) in [5, 5.41) is 5.41. The lowest BCUT2D eigenvalue weighted by Gasteiger charge is -2.15. The zero-order valence-corrected chi connectivity index (χ0v) is 14.7. The SMILES string of the molecule is CC(C)NC(=O)C[NH+](C)CC(=O)Nc1cccc(S(C)(=O)=O)c1. The molecule has 1 aromatic rings. The molecule has 0 fully saturated rings. The molecule has 0 aromatic heterocycles. The first-order chi connectivity index (χ1) is 10.6. The van der Waals surface area contributed by atoms with Crippen molar-refractivity contribution in [1.82, 2.24) is 5.32 Å². The number of carbonyl (C=O) groups is 2. The quantitative estimate of drug-likeness (QED) is 0.596. The molecule has 0 bridgehead atoms. The lowest BCUT2D eigenvalue weighted by molar-refractivity contribution is -0.862. The van der Waals surface area contributed by atoms with Gasteiger partial charge in [0.15, 0.2) is 22.9 Å². The van der Waals surface area contributed by atoms with Crippen molar-refractivity contribution in [2.24, 2.45) is 0 Å². The molecule has 0 spiro atoms. The molecule has 0 saturated carbocycles. The highest BCUT2D eigenvalue weighted by Crippen LogP contribution is 2.14. The standard InChI is InChI=1S/C15H23N3O4S/c1-11(2)16-14(19)9-18(3)10-15(20)17-12-6-5-7-13(8-12)23(4,21)22/h5-8,11H,9-10H2,1-4H3,(H,16,19)(H,17,20)/p+1. The summed E-state index contributed by atoms with van der Waals surface area (Å²) in [5.41, 5.74) is 0.414. The molecule has 1 unspecified atom stereocenters. The highest BCUT2D eigenvalue weighted by atomic mass is 32.2. The molecule has 1 atom stereocenters. The Morgan fingerprint density at radius 3 is 2.35 bits per heavy atom. The Balaban J connectivity index is 2.58. The lowest BCUT2D eigenvalue weighted by atomic mass is 10.3. The number of hydrogen-bond acceptors (Lipinski definition) is 4. The predicted octanol–water partition coefficient (Wildman–Crippen LogP) is -0.932. The van der Waals surface area contributed by atoms with Gasteiger partial charge in [-0.25, -0.2) is 8.42 Å². The van der Waals surface area contributed by atoms with E-state index in [4.69, 9.17) is 0 Å². The number of hydrogen-bond donors (Lipinski definition) is 3. The minimum absolute atomic E-state index is 0.0582. The molecule has 128 valence electrons. The summed E-state index contributed by atoms with van der Waals surface area (Å²) < 4.78 is 23.0. The van der Waals surface area contributed by atoms with E-state index in [2.05, 4.69) is 10.6 Å². The molecule has 0 aliphatic rings. The van der Waals surface area contributed by atoms with Gasteiger partial charge in [0.1, 0.15) is 0 Å². The Hall–Kier alpha value is -1.93. The summed E-state index contributed by atoms with van der Waals surface area (Å²) in [7, 11) is -1.58. The summed E-state index contributed by atoms with van der Waals surface area (Å²) in [4.78, 5) is 24.5. The smallest absolute Gasteiger partial charge is 0.279 e. The van der Waals surface area contributed by atoms with Crippen molar-refractivity contribution >= 4 is 27.3 Å². The number of anilines is 1. The van der Waals surface area contributed by atoms with Crippen LogP contribution in [0.15, 0.2) is 29.2 Å². The van der Waals surface area contributed by atoms with Crippen molar-refractivity contribution in [1.29, 1.82) is 0 Å². The van der Waals surface area contributed by atoms with Gasteiger partial charge in [-0.2, -0.15) is 0 Å². The van der Waals surface area contributed by atoms with Gasteiger partial charge in [0.25, 0.3) is 11.8 Å². The lowest BCUT2D eigenvalue weighted by Crippen LogP contribution is -3.11. The van der Waals surface area contributed by atoms with Gasteiger partial charge in [-0.05, 0) is 32.0 Å². The molecular weight excluding hydrogens is 318 g/mol. The molecule has 23 heavy (non-hydrogen) atoms. The van der Waals surface area contributed by atoms with Gasteiger partial charge in [0.05, 0.1) is 11.9 Å². The fourth-order valence-electron chi connectivity index (χ4n) is 1.99. The van der Waals surface area contributed by atoms with Crippen molar-refractivity contribution in [3.8, 4) is 0 Å². The van der Waals surface area contributed by atoms with Crippen LogP contribution in [-0.4, -0.2) is 52.7 Å². The number of sulfone groups is 1. The average molecular weight is 342 g/mol. The fraction of sp³-hybridized carbons (Fsp3) is 0.467. The molecule has 1 aromatic carbocycles. The van der Waals surface area contributed by atoms with Crippen LogP contribution in [0.4, 0.5) is 5.69 Å². The number of quaternary nitrogens is 1. The van der Waals surface area contributed by atoms with Crippen LogP contribution in [0.1, 0.15) is 13.8 Å². The van der Waals surface area contributed by atoms with Crippen LogP contribution in [-0.2, 0) is 19.4 Å². The van der Waals surface area contributed by atoms with E-state index in [0.717, 1.165) is 11.2 Å². The predicted molar refractivity (Wildman–Crippen MR) is 88.1 cm³/mol. The maximum atomic E-state index is 12.0. The number of amides is 2. The molecule has 0 heterocycles. The van der Waals surface area contributed by atoms with E-state index in [1.165, 1.54) is 12.1 Å². The van der Waals surface area contributed by atoms with Crippen LogP contribution >= 0.6 is 0 Å². The topological polar surface area (TPSA) is 96.8 Å². The van der Waals surface area contributed by atoms with Crippen LogP contribution in [0.3, 0.4) is 0 Å². The van der Waals surface area contributed by atoms with Gasteiger partial charge in [0.2, 0.25) is 0 Å². The third-order valence-electron chi connectivity index (χ3n) is 2.92. The van der Waals surface area contributed by atoms with Gasteiger partial charge >= 0.3 is 0 Å². The third-order valence-corrected chi connectivity index (χ3v) is 4.03. The van der Waals surface area contributed by atoms with Crippen molar-refractivity contribution < 1.29 is 22.9 Å². The Morgan fingerprint density at radius 2 is 1.78 bits per heavy atom. The fourth-order valence-corrected chi connectivity index (χ4v) is 2.66. The van der Waals surface area contributed by atoms with E-state index >= 15 is 0 Å². The number of carbonyl (C=O) groups excluding carboxylic acids is 2. The third kappa shape index (κ3) is 7.25. The van der Waals surface area contributed by atoms with Crippen LogP contribution in [0.2, 0.25) is 0 Å². The van der Waals surface area contributed by atoms with Crippen molar-refractivity contribution in [3.63, 3.8) is 0 Å². The van der Waals surface area contributed by atoms with E-state index < -0.39 is 9.84 Å². The summed E-state index contributed by atoms with van der Waals surface area (Å²) in [5.74, 6) is -0.408. The number of likely N-dealkylation sites (N-methyl/N-ethyl adjacent to an activating group) is 1. The second-order valence-corrected chi connectivity index (χ2v) is 7.90. The number of benzene rings is 1. The van der Waals surface area contributed by atoms with E-state index in [1.54, 1.807) is 19.2 Å². The maximum Gasteiger partial charge on any atom is 0.279 e. The monoisotopic (exact) mass is 342 g/mol. The number of rotatable bonds is 7. The summed E-state index contributed by atoms with van der Waals surface area (Å²) in [6, 6.07) is 6.13. The highest BCUT2D eigenvalue weighted by molar-refractivity contribution is 7.90. The van der Waals surface area contributed by atoms with Crippen LogP contribution in [0.25, 0.3) is 0 Å². The summed E-state index contributed by atoms with van der Waals surface area (Å²) in [6.07, 6.45) is 1.11. The van der Waals surface area contributed by atoms with E-state index in [-0.39, 0.29) is 35.8 Å². The number of nitrogens with one attached hydrogen (secondary N) is 3. The first-order valence-electron chi connectivity index (χ1n) is 7.28. The highest BCUT2D eigenvalue weighted by Gasteiger charge is 2.15. The van der Waals surface area contributed by atoms with Gasteiger partial charge in [-0.3, -0.25) is 9.59 Å². The van der Waals surface area contributed by atoms with Crippen LogP contribution < -0.4 is 15.5 Å². The van der Waals surface area contributed by atoms with E-state index in [1.807, 2.05) is 13.8 Å². The minimum atomic E-state index is -3.32. The van der Waals surface area contributed by atoms with Gasteiger partial charge in [0, 0.05) is 18.0 Å². The second-order valence-electron chi connectivity index (χ2n) is 5.88. The molecular formula is C15H24N3O4S+. The Kier molecular flexibility index (Phi) is 6.71. The molecule has 0 radical (unpaired) electrons.